The molecule has 0 unspecified atom stereocenters. The summed E-state index contributed by atoms with van der Waals surface area (Å²) in [6, 6.07) is 1.99. The number of hydrogen-bond donors (Lipinski definition) is 0. The Labute approximate surface area is 77.4 Å². The number of carbonyl (C=O) groups is 1. The van der Waals surface area contributed by atoms with E-state index in [2.05, 4.69) is 20.8 Å². The zero-order chi connectivity index (χ0) is 9.35. The highest BCUT2D eigenvalue weighted by Crippen LogP contribution is 2.28. The van der Waals surface area contributed by atoms with E-state index in [0.29, 0.717) is 0 Å². The first-order valence-electron chi connectivity index (χ1n) is 4.01. The lowest BCUT2D eigenvalue weighted by atomic mass is 9.94. The maximum Gasteiger partial charge on any atom is 0.160 e. The second-order valence-corrected chi connectivity index (χ2v) is 4.92. The smallest absolute Gasteiger partial charge is 0.160 e. The van der Waals surface area contributed by atoms with E-state index in [0.717, 1.165) is 5.56 Å². The Morgan fingerprint density at radius 3 is 2.25 bits per heavy atom. The topological polar surface area (TPSA) is 17.1 Å². The molecule has 66 valence electrons. The summed E-state index contributed by atoms with van der Waals surface area (Å²) in [5, 5.41) is 1.93. The van der Waals surface area contributed by atoms with Gasteiger partial charge in [0.2, 0.25) is 0 Å². The molecule has 0 saturated carbocycles. The molecule has 0 aliphatic rings. The van der Waals surface area contributed by atoms with Crippen LogP contribution in [0.4, 0.5) is 0 Å². The Morgan fingerprint density at radius 1 is 1.42 bits per heavy atom. The van der Waals surface area contributed by atoms with Crippen LogP contribution >= 0.6 is 11.3 Å². The third-order valence-electron chi connectivity index (χ3n) is 1.75. The van der Waals surface area contributed by atoms with E-state index < -0.39 is 0 Å². The first-order chi connectivity index (χ1) is 5.41. The zero-order valence-electron chi connectivity index (χ0n) is 7.97. The fraction of sp³-hybridized carbons (Fsp3) is 0.500. The Bertz CT molecular complexity index is 291. The third kappa shape index (κ3) is 1.95. The van der Waals surface area contributed by atoms with Crippen molar-refractivity contribution >= 4 is 17.1 Å². The third-order valence-corrected chi connectivity index (χ3v) is 3.10. The van der Waals surface area contributed by atoms with Gasteiger partial charge in [0.05, 0.1) is 0 Å². The molecule has 1 heterocycles. The summed E-state index contributed by atoms with van der Waals surface area (Å²) < 4.78 is 0. The van der Waals surface area contributed by atoms with Gasteiger partial charge in [0.15, 0.2) is 5.78 Å². The van der Waals surface area contributed by atoms with Gasteiger partial charge < -0.3 is 0 Å². The molecule has 0 saturated heterocycles. The molecule has 1 nitrogen and oxygen atoms in total. The predicted molar refractivity (Wildman–Crippen MR) is 53.0 cm³/mol. The molecule has 1 rings (SSSR count). The molecule has 1 aromatic rings. The van der Waals surface area contributed by atoms with Gasteiger partial charge in [0.25, 0.3) is 0 Å². The SMILES string of the molecule is CC(=O)c1csc(C(C)(C)C)c1. The van der Waals surface area contributed by atoms with Crippen molar-refractivity contribution in [2.24, 2.45) is 0 Å². The van der Waals surface area contributed by atoms with Gasteiger partial charge in [0.1, 0.15) is 0 Å². The van der Waals surface area contributed by atoms with Crippen LogP contribution in [0, 0.1) is 0 Å². The largest absolute Gasteiger partial charge is 0.294 e. The number of ketones is 1. The maximum atomic E-state index is 11.0. The predicted octanol–water partition coefficient (Wildman–Crippen LogP) is 3.25. The van der Waals surface area contributed by atoms with Crippen molar-refractivity contribution in [2.45, 2.75) is 33.1 Å². The Morgan fingerprint density at radius 2 is 2.00 bits per heavy atom. The van der Waals surface area contributed by atoms with Gasteiger partial charge in [-0.15, -0.1) is 11.3 Å². The van der Waals surface area contributed by atoms with E-state index in [-0.39, 0.29) is 11.2 Å². The average Bonchev–Trinajstić information content (AvgIpc) is 2.30. The molecule has 0 N–H and O–H groups in total. The summed E-state index contributed by atoms with van der Waals surface area (Å²) in [6.45, 7) is 8.07. The monoisotopic (exact) mass is 182 g/mol. The molecule has 2 heteroatoms. The van der Waals surface area contributed by atoms with Crippen LogP contribution in [0.25, 0.3) is 0 Å². The molecule has 0 atom stereocenters. The highest BCUT2D eigenvalue weighted by Gasteiger charge is 2.16. The van der Waals surface area contributed by atoms with E-state index in [4.69, 9.17) is 0 Å². The second kappa shape index (κ2) is 3.02. The van der Waals surface area contributed by atoms with Gasteiger partial charge in [-0.2, -0.15) is 0 Å². The normalized spacial score (nSPS) is 11.7. The Kier molecular flexibility index (Phi) is 2.38. The molecule has 0 aromatic carbocycles. The molecule has 0 aliphatic carbocycles. The van der Waals surface area contributed by atoms with E-state index in [9.17, 15) is 4.79 Å². The van der Waals surface area contributed by atoms with E-state index in [1.54, 1.807) is 18.3 Å². The first-order valence-corrected chi connectivity index (χ1v) is 4.89. The van der Waals surface area contributed by atoms with Gasteiger partial charge in [-0.1, -0.05) is 20.8 Å². The lowest BCUT2D eigenvalue weighted by molar-refractivity contribution is 0.101. The van der Waals surface area contributed by atoms with Crippen LogP contribution in [0.15, 0.2) is 11.4 Å². The second-order valence-electron chi connectivity index (χ2n) is 4.01. The van der Waals surface area contributed by atoms with Crippen molar-refractivity contribution in [3.8, 4) is 0 Å². The zero-order valence-corrected chi connectivity index (χ0v) is 8.79. The molecule has 1 aromatic heterocycles. The molecule has 0 fully saturated rings. The molecule has 0 amide bonds. The summed E-state index contributed by atoms with van der Waals surface area (Å²) in [6.07, 6.45) is 0. The fourth-order valence-electron chi connectivity index (χ4n) is 0.914. The lowest BCUT2D eigenvalue weighted by Gasteiger charge is -2.14. The summed E-state index contributed by atoms with van der Waals surface area (Å²) in [4.78, 5) is 12.3. The van der Waals surface area contributed by atoms with Crippen molar-refractivity contribution in [2.75, 3.05) is 0 Å². The van der Waals surface area contributed by atoms with Crippen LogP contribution in [-0.4, -0.2) is 5.78 Å². The van der Waals surface area contributed by atoms with Crippen LogP contribution in [-0.2, 0) is 5.41 Å². The quantitative estimate of drug-likeness (QED) is 0.609. The van der Waals surface area contributed by atoms with Gasteiger partial charge in [-0.05, 0) is 18.4 Å². The highest BCUT2D eigenvalue weighted by atomic mass is 32.1. The van der Waals surface area contributed by atoms with Gasteiger partial charge in [-0.25, -0.2) is 0 Å². The Hall–Kier alpha value is -0.630. The summed E-state index contributed by atoms with van der Waals surface area (Å²) in [7, 11) is 0. The van der Waals surface area contributed by atoms with Gasteiger partial charge in [-0.3, -0.25) is 4.79 Å². The number of hydrogen-bond acceptors (Lipinski definition) is 2. The van der Waals surface area contributed by atoms with Crippen molar-refractivity contribution in [3.63, 3.8) is 0 Å². The Balaban J connectivity index is 3.00. The minimum atomic E-state index is 0.154. The number of thiophene rings is 1. The average molecular weight is 182 g/mol. The van der Waals surface area contributed by atoms with Crippen LogP contribution < -0.4 is 0 Å². The number of carbonyl (C=O) groups excluding carboxylic acids is 1. The van der Waals surface area contributed by atoms with Crippen molar-refractivity contribution in [1.82, 2.24) is 0 Å². The van der Waals surface area contributed by atoms with E-state index in [1.807, 2.05) is 11.4 Å². The fourth-order valence-corrected chi connectivity index (χ4v) is 1.95. The van der Waals surface area contributed by atoms with Gasteiger partial charge >= 0.3 is 0 Å². The highest BCUT2D eigenvalue weighted by molar-refractivity contribution is 7.10. The summed E-state index contributed by atoms with van der Waals surface area (Å²) in [5.74, 6) is 0.154. The van der Waals surface area contributed by atoms with Gasteiger partial charge in [0, 0.05) is 15.8 Å². The van der Waals surface area contributed by atoms with Crippen molar-refractivity contribution < 1.29 is 4.79 Å². The lowest BCUT2D eigenvalue weighted by Crippen LogP contribution is -2.08. The van der Waals surface area contributed by atoms with Crippen LogP contribution in [0.2, 0.25) is 0 Å². The van der Waals surface area contributed by atoms with Crippen LogP contribution in [0.3, 0.4) is 0 Å². The standard InChI is InChI=1S/C10H14OS/c1-7(11)8-5-9(12-6-8)10(2,3)4/h5-6H,1-4H3. The summed E-state index contributed by atoms with van der Waals surface area (Å²) in [5.41, 5.74) is 1.00. The van der Waals surface area contributed by atoms with Crippen LogP contribution in [0.1, 0.15) is 42.9 Å². The molecule has 0 bridgehead atoms. The summed E-state index contributed by atoms with van der Waals surface area (Å²) >= 11 is 1.66. The van der Waals surface area contributed by atoms with E-state index in [1.165, 1.54) is 4.88 Å². The molecular formula is C10H14OS. The molecule has 0 spiro atoms. The van der Waals surface area contributed by atoms with E-state index >= 15 is 0 Å². The molecular weight excluding hydrogens is 168 g/mol. The minimum absolute atomic E-state index is 0.154. The number of Topliss-reactive ketones (excluding diaryl/α,β-unsaturated/α-hetero) is 1. The minimum Gasteiger partial charge on any atom is -0.294 e. The molecule has 12 heavy (non-hydrogen) atoms. The van der Waals surface area contributed by atoms with Crippen molar-refractivity contribution in [3.05, 3.63) is 21.9 Å². The van der Waals surface area contributed by atoms with Crippen molar-refractivity contribution in [1.29, 1.82) is 0 Å². The first kappa shape index (κ1) is 9.46. The molecule has 0 radical (unpaired) electrons. The molecule has 0 aliphatic heterocycles. The maximum absolute atomic E-state index is 11.0. The van der Waals surface area contributed by atoms with Crippen LogP contribution in [0.5, 0.6) is 0 Å². The number of rotatable bonds is 1.